The minimum Gasteiger partial charge on any atom is -0.465 e. The van der Waals surface area contributed by atoms with E-state index < -0.39 is 5.97 Å². The second-order valence-corrected chi connectivity index (χ2v) is 2.01. The third-order valence-electron chi connectivity index (χ3n) is 1.16. The van der Waals surface area contributed by atoms with Crippen LogP contribution in [0, 0.1) is 11.3 Å². The van der Waals surface area contributed by atoms with Crippen molar-refractivity contribution >= 4 is 12.3 Å². The lowest BCUT2D eigenvalue weighted by atomic mass is 10.2. The standard InChI is InChI=1S/C9H9NO3/c1-13-9(12)8(7-10)5-3-2-4-6-11/h2-3,5-6H,4H2,1H3. The molecule has 0 aliphatic heterocycles. The van der Waals surface area contributed by atoms with Gasteiger partial charge in [-0.15, -0.1) is 0 Å². The normalized spacial score (nSPS) is 10.9. The van der Waals surface area contributed by atoms with E-state index in [1.807, 2.05) is 0 Å². The lowest BCUT2D eigenvalue weighted by Crippen LogP contribution is -2.02. The fourth-order valence-electron chi connectivity index (χ4n) is 0.559. The van der Waals surface area contributed by atoms with E-state index in [2.05, 4.69) is 4.74 Å². The number of ether oxygens (including phenoxy) is 1. The molecule has 13 heavy (non-hydrogen) atoms. The van der Waals surface area contributed by atoms with Crippen molar-refractivity contribution in [2.45, 2.75) is 6.42 Å². The number of allylic oxidation sites excluding steroid dienone is 3. The van der Waals surface area contributed by atoms with Crippen molar-refractivity contribution in [3.8, 4) is 6.07 Å². The van der Waals surface area contributed by atoms with E-state index >= 15 is 0 Å². The lowest BCUT2D eigenvalue weighted by Gasteiger charge is -1.92. The Morgan fingerprint density at radius 2 is 2.31 bits per heavy atom. The molecule has 68 valence electrons. The van der Waals surface area contributed by atoms with Gasteiger partial charge in [-0.1, -0.05) is 12.2 Å². The minimum atomic E-state index is -0.682. The van der Waals surface area contributed by atoms with Crippen LogP contribution in [-0.4, -0.2) is 19.4 Å². The summed E-state index contributed by atoms with van der Waals surface area (Å²) in [5, 5.41) is 8.46. The molecular formula is C9H9NO3. The average Bonchev–Trinajstić information content (AvgIpc) is 2.17. The third kappa shape index (κ3) is 4.53. The van der Waals surface area contributed by atoms with Gasteiger partial charge in [0.25, 0.3) is 0 Å². The van der Waals surface area contributed by atoms with Crippen molar-refractivity contribution in [2.75, 3.05) is 7.11 Å². The Labute approximate surface area is 76.1 Å². The summed E-state index contributed by atoms with van der Waals surface area (Å²) < 4.78 is 4.33. The number of carbonyl (C=O) groups excluding carboxylic acids is 2. The molecule has 0 amide bonds. The molecule has 0 N–H and O–H groups in total. The van der Waals surface area contributed by atoms with Gasteiger partial charge >= 0.3 is 5.97 Å². The monoisotopic (exact) mass is 179 g/mol. The average molecular weight is 179 g/mol. The molecule has 0 radical (unpaired) electrons. The number of hydrogen-bond acceptors (Lipinski definition) is 4. The first-order chi connectivity index (χ1) is 6.26. The molecule has 0 spiro atoms. The highest BCUT2D eigenvalue weighted by atomic mass is 16.5. The summed E-state index contributed by atoms with van der Waals surface area (Å²) in [6.07, 6.45) is 5.28. The summed E-state index contributed by atoms with van der Waals surface area (Å²) in [5.74, 6) is -0.682. The van der Waals surface area contributed by atoms with Gasteiger partial charge in [0.2, 0.25) is 0 Å². The topological polar surface area (TPSA) is 67.2 Å². The fourth-order valence-corrected chi connectivity index (χ4v) is 0.559. The number of carbonyl (C=O) groups is 2. The first kappa shape index (κ1) is 11.1. The molecule has 0 aliphatic rings. The highest BCUT2D eigenvalue weighted by Crippen LogP contribution is 1.95. The smallest absolute Gasteiger partial charge is 0.348 e. The van der Waals surface area contributed by atoms with Crippen LogP contribution in [0.1, 0.15) is 6.42 Å². The Morgan fingerprint density at radius 3 is 2.77 bits per heavy atom. The van der Waals surface area contributed by atoms with Crippen LogP contribution in [0.15, 0.2) is 23.8 Å². The first-order valence-electron chi connectivity index (χ1n) is 3.55. The zero-order chi connectivity index (χ0) is 10.1. The van der Waals surface area contributed by atoms with E-state index in [0.29, 0.717) is 6.29 Å². The SMILES string of the molecule is COC(=O)C(C#N)=CC=CCC=O. The maximum absolute atomic E-state index is 10.8. The van der Waals surface area contributed by atoms with Crippen LogP contribution < -0.4 is 0 Å². The largest absolute Gasteiger partial charge is 0.465 e. The van der Waals surface area contributed by atoms with Crippen molar-refractivity contribution in [1.82, 2.24) is 0 Å². The highest BCUT2D eigenvalue weighted by molar-refractivity contribution is 5.92. The van der Waals surface area contributed by atoms with Gasteiger partial charge in [-0.2, -0.15) is 5.26 Å². The van der Waals surface area contributed by atoms with Gasteiger partial charge in [-0.05, 0) is 6.08 Å². The Kier molecular flexibility index (Phi) is 5.81. The summed E-state index contributed by atoms with van der Waals surface area (Å²) in [5.41, 5.74) is -0.0929. The van der Waals surface area contributed by atoms with Crippen LogP contribution in [-0.2, 0) is 14.3 Å². The number of aldehydes is 1. The second kappa shape index (κ2) is 6.80. The zero-order valence-electron chi connectivity index (χ0n) is 7.19. The molecular weight excluding hydrogens is 170 g/mol. The summed E-state index contributed by atoms with van der Waals surface area (Å²) in [6.45, 7) is 0. The van der Waals surface area contributed by atoms with Crippen LogP contribution >= 0.6 is 0 Å². The van der Waals surface area contributed by atoms with E-state index in [9.17, 15) is 9.59 Å². The molecule has 0 saturated heterocycles. The van der Waals surface area contributed by atoms with E-state index in [-0.39, 0.29) is 12.0 Å². The fraction of sp³-hybridized carbons (Fsp3) is 0.222. The molecule has 0 aromatic rings. The van der Waals surface area contributed by atoms with Gasteiger partial charge in [0, 0.05) is 6.42 Å². The molecule has 0 fully saturated rings. The third-order valence-corrected chi connectivity index (χ3v) is 1.16. The van der Waals surface area contributed by atoms with Crippen molar-refractivity contribution in [3.63, 3.8) is 0 Å². The van der Waals surface area contributed by atoms with Crippen LogP contribution in [0.25, 0.3) is 0 Å². The molecule has 0 unspecified atom stereocenters. The number of nitriles is 1. The first-order valence-corrected chi connectivity index (χ1v) is 3.55. The van der Waals surface area contributed by atoms with Crippen LogP contribution in [0.4, 0.5) is 0 Å². The molecule has 0 aliphatic carbocycles. The van der Waals surface area contributed by atoms with Crippen molar-refractivity contribution in [3.05, 3.63) is 23.8 Å². The molecule has 0 atom stereocenters. The molecule has 0 aromatic heterocycles. The number of nitrogens with zero attached hydrogens (tertiary/aromatic N) is 1. The maximum atomic E-state index is 10.8. The van der Waals surface area contributed by atoms with Gasteiger partial charge in [0.1, 0.15) is 17.9 Å². The molecule has 4 heteroatoms. The van der Waals surface area contributed by atoms with Gasteiger partial charge in [-0.25, -0.2) is 4.79 Å². The van der Waals surface area contributed by atoms with E-state index in [1.54, 1.807) is 6.07 Å². The van der Waals surface area contributed by atoms with E-state index in [0.717, 1.165) is 0 Å². The Morgan fingerprint density at radius 1 is 1.62 bits per heavy atom. The van der Waals surface area contributed by atoms with Crippen molar-refractivity contribution < 1.29 is 14.3 Å². The summed E-state index contributed by atoms with van der Waals surface area (Å²) in [6, 6.07) is 1.68. The lowest BCUT2D eigenvalue weighted by molar-refractivity contribution is -0.135. The molecule has 0 bridgehead atoms. The second-order valence-electron chi connectivity index (χ2n) is 2.01. The van der Waals surface area contributed by atoms with Gasteiger partial charge in [0.15, 0.2) is 0 Å². The van der Waals surface area contributed by atoms with Crippen molar-refractivity contribution in [1.29, 1.82) is 5.26 Å². The van der Waals surface area contributed by atoms with Gasteiger partial charge < -0.3 is 9.53 Å². The van der Waals surface area contributed by atoms with Crippen molar-refractivity contribution in [2.24, 2.45) is 0 Å². The van der Waals surface area contributed by atoms with Gasteiger partial charge in [-0.3, -0.25) is 0 Å². The number of esters is 1. The summed E-state index contributed by atoms with van der Waals surface area (Å²) >= 11 is 0. The minimum absolute atomic E-state index is 0.0929. The maximum Gasteiger partial charge on any atom is 0.348 e. The van der Waals surface area contributed by atoms with Crippen LogP contribution in [0.2, 0.25) is 0 Å². The van der Waals surface area contributed by atoms with Crippen LogP contribution in [0.3, 0.4) is 0 Å². The highest BCUT2D eigenvalue weighted by Gasteiger charge is 2.05. The number of methoxy groups -OCH3 is 1. The summed E-state index contributed by atoms with van der Waals surface area (Å²) in [4.78, 5) is 20.7. The van der Waals surface area contributed by atoms with E-state index in [4.69, 9.17) is 5.26 Å². The molecule has 0 aromatic carbocycles. The number of hydrogen-bond donors (Lipinski definition) is 0. The van der Waals surface area contributed by atoms with E-state index in [1.165, 1.54) is 25.3 Å². The molecule has 0 heterocycles. The number of rotatable bonds is 4. The van der Waals surface area contributed by atoms with Gasteiger partial charge in [0.05, 0.1) is 7.11 Å². The molecule has 4 nitrogen and oxygen atoms in total. The molecule has 0 rings (SSSR count). The Bertz CT molecular complexity index is 284. The Hall–Kier alpha value is -1.89. The summed E-state index contributed by atoms with van der Waals surface area (Å²) in [7, 11) is 1.20. The predicted molar refractivity (Wildman–Crippen MR) is 45.5 cm³/mol. The predicted octanol–water partition coefficient (Wildman–Crippen LogP) is 0.755. The van der Waals surface area contributed by atoms with Crippen LogP contribution in [0.5, 0.6) is 0 Å². The zero-order valence-corrected chi connectivity index (χ0v) is 7.19. The molecule has 0 saturated carbocycles. The Balaban J connectivity index is 4.33. The quantitative estimate of drug-likeness (QED) is 0.210.